The van der Waals surface area contributed by atoms with Crippen LogP contribution in [0.4, 0.5) is 0 Å². The zero-order chi connectivity index (χ0) is 10.1. The molecule has 1 aliphatic heterocycles. The number of hydrogen-bond donors (Lipinski definition) is 2. The van der Waals surface area contributed by atoms with Gasteiger partial charge in [-0.25, -0.2) is 0 Å². The number of nitrogens with two attached hydrogens (primary N) is 1. The van der Waals surface area contributed by atoms with Crippen LogP contribution in [0.25, 0.3) is 0 Å². The van der Waals surface area contributed by atoms with Gasteiger partial charge < -0.3 is 15.8 Å². The third-order valence-electron chi connectivity index (χ3n) is 2.06. The first-order chi connectivity index (χ1) is 5.93. The van der Waals surface area contributed by atoms with E-state index < -0.39 is 11.4 Å². The van der Waals surface area contributed by atoms with E-state index in [1.54, 1.807) is 13.8 Å². The van der Waals surface area contributed by atoms with Crippen LogP contribution in [0.3, 0.4) is 0 Å². The van der Waals surface area contributed by atoms with Crippen LogP contribution in [0.5, 0.6) is 0 Å². The van der Waals surface area contributed by atoms with Gasteiger partial charge in [0, 0.05) is 0 Å². The number of hydrogen-bond acceptors (Lipinski definition) is 3. The maximum Gasteiger partial charge on any atom is 0.242 e. The molecule has 1 saturated heterocycles. The summed E-state index contributed by atoms with van der Waals surface area (Å²) < 4.78 is 4.85. The molecule has 0 aromatic rings. The van der Waals surface area contributed by atoms with Crippen LogP contribution in [-0.2, 0) is 14.3 Å². The summed E-state index contributed by atoms with van der Waals surface area (Å²) in [5.74, 6) is -0.838. The number of nitrogens with one attached hydrogen (secondary N) is 1. The van der Waals surface area contributed by atoms with Gasteiger partial charge >= 0.3 is 0 Å². The Bertz CT molecular complexity index is 234. The van der Waals surface area contributed by atoms with Gasteiger partial charge in [-0.3, -0.25) is 9.59 Å². The molecule has 0 aliphatic carbocycles. The minimum absolute atomic E-state index is 0.126. The Morgan fingerprint density at radius 3 is 2.31 bits per heavy atom. The molecule has 1 fully saturated rings. The minimum Gasteiger partial charge on any atom is -0.380 e. The number of rotatable bonds is 3. The molecule has 0 radical (unpaired) electrons. The molecule has 0 bridgehead atoms. The van der Waals surface area contributed by atoms with E-state index in [-0.39, 0.29) is 11.8 Å². The molecule has 1 rings (SSSR count). The molecule has 5 nitrogen and oxygen atoms in total. The van der Waals surface area contributed by atoms with Gasteiger partial charge in [0.1, 0.15) is 5.54 Å². The summed E-state index contributed by atoms with van der Waals surface area (Å²) in [5, 5.41) is 2.56. The van der Waals surface area contributed by atoms with Crippen LogP contribution in [0, 0.1) is 5.92 Å². The van der Waals surface area contributed by atoms with Crippen LogP contribution < -0.4 is 11.1 Å². The lowest BCUT2D eigenvalue weighted by Crippen LogP contribution is -2.56. The average molecular weight is 186 g/mol. The predicted molar refractivity (Wildman–Crippen MR) is 45.7 cm³/mol. The van der Waals surface area contributed by atoms with Gasteiger partial charge in [-0.1, -0.05) is 0 Å². The van der Waals surface area contributed by atoms with Gasteiger partial charge in [-0.2, -0.15) is 0 Å². The van der Waals surface area contributed by atoms with Crippen molar-refractivity contribution in [3.63, 3.8) is 0 Å². The average Bonchev–Trinajstić information content (AvgIpc) is 1.80. The summed E-state index contributed by atoms with van der Waals surface area (Å²) in [6, 6.07) is 0. The van der Waals surface area contributed by atoms with Crippen molar-refractivity contribution in [2.24, 2.45) is 11.7 Å². The second kappa shape index (κ2) is 3.33. The fourth-order valence-electron chi connectivity index (χ4n) is 0.859. The summed E-state index contributed by atoms with van der Waals surface area (Å²) in [6.07, 6.45) is 0. The normalized spacial score (nSPS) is 17.7. The second-order valence-corrected chi connectivity index (χ2v) is 3.71. The molecule has 0 unspecified atom stereocenters. The van der Waals surface area contributed by atoms with Gasteiger partial charge in [0.2, 0.25) is 11.8 Å². The van der Waals surface area contributed by atoms with Crippen LogP contribution >= 0.6 is 0 Å². The van der Waals surface area contributed by atoms with Gasteiger partial charge in [0.05, 0.1) is 19.1 Å². The Kier molecular flexibility index (Phi) is 2.56. The van der Waals surface area contributed by atoms with Crippen molar-refractivity contribution in [3.8, 4) is 0 Å². The number of primary amides is 1. The quantitative estimate of drug-likeness (QED) is 0.594. The number of ether oxygens (including phenoxy) is 1. The van der Waals surface area contributed by atoms with Crippen LogP contribution in [-0.4, -0.2) is 30.6 Å². The predicted octanol–water partition coefficient (Wildman–Crippen LogP) is -0.987. The van der Waals surface area contributed by atoms with Crippen molar-refractivity contribution >= 4 is 11.8 Å². The highest BCUT2D eigenvalue weighted by atomic mass is 16.5. The lowest BCUT2D eigenvalue weighted by molar-refractivity contribution is -0.143. The first kappa shape index (κ1) is 9.98. The molecular formula is C8H14N2O3. The molecule has 0 saturated carbocycles. The summed E-state index contributed by atoms with van der Waals surface area (Å²) in [7, 11) is 0. The lowest BCUT2D eigenvalue weighted by atomic mass is 10.0. The highest BCUT2D eigenvalue weighted by Crippen LogP contribution is 2.11. The topological polar surface area (TPSA) is 81.4 Å². The Hall–Kier alpha value is -1.10. The van der Waals surface area contributed by atoms with Crippen molar-refractivity contribution < 1.29 is 14.3 Å². The zero-order valence-electron chi connectivity index (χ0n) is 7.79. The zero-order valence-corrected chi connectivity index (χ0v) is 7.79. The largest absolute Gasteiger partial charge is 0.380 e. The molecule has 0 aromatic carbocycles. The summed E-state index contributed by atoms with van der Waals surface area (Å²) in [6.45, 7) is 4.01. The van der Waals surface area contributed by atoms with E-state index in [9.17, 15) is 9.59 Å². The van der Waals surface area contributed by atoms with Crippen molar-refractivity contribution in [2.75, 3.05) is 13.2 Å². The lowest BCUT2D eigenvalue weighted by Gasteiger charge is -2.29. The molecule has 5 heteroatoms. The SMILES string of the molecule is CC(C)(NC(=O)C1COC1)C(N)=O. The first-order valence-corrected chi connectivity index (χ1v) is 4.13. The molecule has 1 aliphatic rings. The van der Waals surface area contributed by atoms with E-state index in [0.29, 0.717) is 13.2 Å². The van der Waals surface area contributed by atoms with E-state index in [1.165, 1.54) is 0 Å². The highest BCUT2D eigenvalue weighted by molar-refractivity contribution is 5.90. The fourth-order valence-corrected chi connectivity index (χ4v) is 0.859. The molecule has 1 heterocycles. The van der Waals surface area contributed by atoms with Gasteiger partial charge in [0.25, 0.3) is 0 Å². The number of amides is 2. The van der Waals surface area contributed by atoms with Crippen molar-refractivity contribution in [1.29, 1.82) is 0 Å². The molecule has 0 spiro atoms. The Balaban J connectivity index is 2.46. The fraction of sp³-hybridized carbons (Fsp3) is 0.750. The Morgan fingerprint density at radius 2 is 2.00 bits per heavy atom. The third kappa shape index (κ3) is 2.18. The third-order valence-corrected chi connectivity index (χ3v) is 2.06. The van der Waals surface area contributed by atoms with Crippen molar-refractivity contribution in [3.05, 3.63) is 0 Å². The van der Waals surface area contributed by atoms with Gasteiger partial charge in [-0.15, -0.1) is 0 Å². The molecule has 3 N–H and O–H groups in total. The molecule has 2 amide bonds. The van der Waals surface area contributed by atoms with Gasteiger partial charge in [0.15, 0.2) is 0 Å². The number of carbonyl (C=O) groups is 2. The number of carbonyl (C=O) groups excluding carboxylic acids is 2. The van der Waals surface area contributed by atoms with Crippen LogP contribution in [0.1, 0.15) is 13.8 Å². The van der Waals surface area contributed by atoms with E-state index in [0.717, 1.165) is 0 Å². The highest BCUT2D eigenvalue weighted by Gasteiger charge is 2.33. The van der Waals surface area contributed by atoms with E-state index in [4.69, 9.17) is 10.5 Å². The first-order valence-electron chi connectivity index (χ1n) is 4.13. The Labute approximate surface area is 76.6 Å². The molecule has 13 heavy (non-hydrogen) atoms. The molecule has 0 aromatic heterocycles. The monoisotopic (exact) mass is 186 g/mol. The maximum atomic E-state index is 11.3. The molecule has 0 atom stereocenters. The van der Waals surface area contributed by atoms with Crippen molar-refractivity contribution in [1.82, 2.24) is 5.32 Å². The molecule has 74 valence electrons. The van der Waals surface area contributed by atoms with E-state index >= 15 is 0 Å². The summed E-state index contributed by atoms with van der Waals surface area (Å²) >= 11 is 0. The van der Waals surface area contributed by atoms with E-state index in [1.807, 2.05) is 0 Å². The van der Waals surface area contributed by atoms with Crippen LogP contribution in [0.15, 0.2) is 0 Å². The van der Waals surface area contributed by atoms with E-state index in [2.05, 4.69) is 5.32 Å². The molecular weight excluding hydrogens is 172 g/mol. The van der Waals surface area contributed by atoms with Crippen LogP contribution in [0.2, 0.25) is 0 Å². The van der Waals surface area contributed by atoms with Gasteiger partial charge in [-0.05, 0) is 13.8 Å². The second-order valence-electron chi connectivity index (χ2n) is 3.71. The maximum absolute atomic E-state index is 11.3. The standard InChI is InChI=1S/C8H14N2O3/c1-8(2,7(9)12)10-6(11)5-3-13-4-5/h5H,3-4H2,1-2H3,(H2,9,12)(H,10,11). The summed E-state index contributed by atoms with van der Waals surface area (Å²) in [5.41, 5.74) is 4.11. The summed E-state index contributed by atoms with van der Waals surface area (Å²) in [4.78, 5) is 22.2. The Morgan fingerprint density at radius 1 is 1.46 bits per heavy atom. The van der Waals surface area contributed by atoms with Crippen molar-refractivity contribution in [2.45, 2.75) is 19.4 Å². The smallest absolute Gasteiger partial charge is 0.242 e. The minimum atomic E-state index is -0.979.